The molecule has 1 amide bonds. The highest BCUT2D eigenvalue weighted by Crippen LogP contribution is 2.22. The lowest BCUT2D eigenvalue weighted by Crippen LogP contribution is -3.08. The van der Waals surface area contributed by atoms with Gasteiger partial charge < -0.3 is 10.2 Å². The predicted octanol–water partition coefficient (Wildman–Crippen LogP) is 2.28. The van der Waals surface area contributed by atoms with Gasteiger partial charge >= 0.3 is 0 Å². The van der Waals surface area contributed by atoms with E-state index in [1.165, 1.54) is 6.07 Å². The van der Waals surface area contributed by atoms with Gasteiger partial charge in [0.2, 0.25) is 0 Å². The molecule has 0 saturated carbocycles. The Balaban J connectivity index is 1.68. The molecule has 0 aliphatic carbocycles. The number of aryl methyl sites for hydroxylation is 1. The highest BCUT2D eigenvalue weighted by molar-refractivity contribution is 5.92. The van der Waals surface area contributed by atoms with Gasteiger partial charge in [0.05, 0.1) is 29.8 Å². The Morgan fingerprint density at radius 1 is 1.11 bits per heavy atom. The highest BCUT2D eigenvalue weighted by Gasteiger charge is 2.18. The Bertz CT molecular complexity index is 937. The molecule has 0 saturated heterocycles. The summed E-state index contributed by atoms with van der Waals surface area (Å²) in [6.07, 6.45) is 0. The van der Waals surface area contributed by atoms with Crippen LogP contribution in [0.5, 0.6) is 0 Å². The number of carbonyl (C=O) groups excluding carboxylic acids is 1. The first-order chi connectivity index (χ1) is 13.0. The Morgan fingerprint density at radius 3 is 2.48 bits per heavy atom. The van der Waals surface area contributed by atoms with E-state index >= 15 is 0 Å². The lowest BCUT2D eigenvalue weighted by molar-refractivity contribution is -0.885. The molecule has 0 radical (unpaired) electrons. The number of nitrogens with zero attached hydrogens (tertiary/aromatic N) is 2. The quantitative estimate of drug-likeness (QED) is 0.702. The number of aromatic nitrogens is 2. The van der Waals surface area contributed by atoms with Gasteiger partial charge in [-0.15, -0.1) is 0 Å². The van der Waals surface area contributed by atoms with Crippen molar-refractivity contribution >= 4 is 11.6 Å². The third-order valence-corrected chi connectivity index (χ3v) is 4.47. The van der Waals surface area contributed by atoms with Crippen molar-refractivity contribution < 1.29 is 14.1 Å². The molecule has 0 aliphatic heterocycles. The first-order valence-corrected chi connectivity index (χ1v) is 8.92. The zero-order chi connectivity index (χ0) is 19.4. The summed E-state index contributed by atoms with van der Waals surface area (Å²) in [4.78, 5) is 13.4. The summed E-state index contributed by atoms with van der Waals surface area (Å²) in [5, 5.41) is 7.50. The van der Waals surface area contributed by atoms with E-state index in [1.807, 2.05) is 55.9 Å². The van der Waals surface area contributed by atoms with Gasteiger partial charge in [0.25, 0.3) is 5.91 Å². The fourth-order valence-corrected chi connectivity index (χ4v) is 3.13. The average molecular weight is 367 g/mol. The number of nitrogens with one attached hydrogen (secondary N) is 2. The molecular formula is C21H24FN4O+. The van der Waals surface area contributed by atoms with Crippen molar-refractivity contribution in [2.75, 3.05) is 18.9 Å². The molecule has 1 aromatic heterocycles. The maximum absolute atomic E-state index is 13.8. The van der Waals surface area contributed by atoms with E-state index in [1.54, 1.807) is 18.2 Å². The van der Waals surface area contributed by atoms with Crippen LogP contribution in [-0.2, 0) is 11.3 Å². The molecule has 3 aromatic rings. The van der Waals surface area contributed by atoms with Crippen molar-refractivity contribution in [2.45, 2.75) is 20.4 Å². The second-order valence-electron chi connectivity index (χ2n) is 6.74. The minimum atomic E-state index is -0.243. The zero-order valence-electron chi connectivity index (χ0n) is 15.8. The van der Waals surface area contributed by atoms with Crippen LogP contribution >= 0.6 is 0 Å². The van der Waals surface area contributed by atoms with Crippen LogP contribution in [0.2, 0.25) is 0 Å². The van der Waals surface area contributed by atoms with Crippen LogP contribution in [0.4, 0.5) is 10.1 Å². The van der Waals surface area contributed by atoms with E-state index in [4.69, 9.17) is 0 Å². The summed E-state index contributed by atoms with van der Waals surface area (Å²) in [5.74, 6) is -0.365. The number of amides is 1. The minimum Gasteiger partial charge on any atom is -0.326 e. The average Bonchev–Trinajstić information content (AvgIpc) is 2.92. The Hall–Kier alpha value is -2.99. The molecule has 5 nitrogen and oxygen atoms in total. The van der Waals surface area contributed by atoms with Crippen molar-refractivity contribution in [3.8, 4) is 5.69 Å². The summed E-state index contributed by atoms with van der Waals surface area (Å²) >= 11 is 0. The third-order valence-electron chi connectivity index (χ3n) is 4.47. The number of quaternary nitrogens is 1. The third kappa shape index (κ3) is 4.41. The van der Waals surface area contributed by atoms with Crippen LogP contribution in [0.3, 0.4) is 0 Å². The van der Waals surface area contributed by atoms with E-state index in [0.717, 1.165) is 27.7 Å². The highest BCUT2D eigenvalue weighted by atomic mass is 19.1. The predicted molar refractivity (Wildman–Crippen MR) is 104 cm³/mol. The van der Waals surface area contributed by atoms with E-state index < -0.39 is 0 Å². The van der Waals surface area contributed by atoms with Crippen molar-refractivity contribution in [1.82, 2.24) is 9.78 Å². The largest absolute Gasteiger partial charge is 0.326 e. The summed E-state index contributed by atoms with van der Waals surface area (Å²) < 4.78 is 15.6. The molecule has 140 valence electrons. The number of para-hydroxylation sites is 1. The number of rotatable bonds is 6. The number of halogens is 1. The van der Waals surface area contributed by atoms with E-state index in [9.17, 15) is 9.18 Å². The molecule has 1 atom stereocenters. The molecule has 2 N–H and O–H groups in total. The van der Waals surface area contributed by atoms with Gasteiger partial charge in [-0.05, 0) is 32.0 Å². The van der Waals surface area contributed by atoms with Crippen molar-refractivity contribution in [1.29, 1.82) is 0 Å². The number of hydrogen-bond donors (Lipinski definition) is 2. The van der Waals surface area contributed by atoms with Gasteiger partial charge in [0.15, 0.2) is 6.54 Å². The van der Waals surface area contributed by atoms with Crippen LogP contribution in [0.25, 0.3) is 5.69 Å². The van der Waals surface area contributed by atoms with Crippen LogP contribution in [-0.4, -0.2) is 29.3 Å². The summed E-state index contributed by atoms with van der Waals surface area (Å²) in [5.41, 5.74) is 3.91. The minimum absolute atomic E-state index is 0.123. The molecule has 2 aromatic carbocycles. The molecule has 0 bridgehead atoms. The molecule has 0 spiro atoms. The lowest BCUT2D eigenvalue weighted by Gasteiger charge is -2.14. The summed E-state index contributed by atoms with van der Waals surface area (Å²) in [6.45, 7) is 4.49. The smallest absolute Gasteiger partial charge is 0.279 e. The Morgan fingerprint density at radius 2 is 1.78 bits per heavy atom. The van der Waals surface area contributed by atoms with Gasteiger partial charge in [-0.2, -0.15) is 5.10 Å². The van der Waals surface area contributed by atoms with Crippen molar-refractivity contribution in [3.05, 3.63) is 77.4 Å². The summed E-state index contributed by atoms with van der Waals surface area (Å²) in [6, 6.07) is 16.4. The van der Waals surface area contributed by atoms with Gasteiger partial charge in [-0.3, -0.25) is 4.79 Å². The number of likely N-dealkylation sites (N-methyl/N-ethyl adjacent to an activating group) is 1. The van der Waals surface area contributed by atoms with Crippen molar-refractivity contribution in [2.24, 2.45) is 0 Å². The number of hydrogen-bond acceptors (Lipinski definition) is 2. The van der Waals surface area contributed by atoms with Gasteiger partial charge in [0.1, 0.15) is 12.4 Å². The Labute approximate surface area is 158 Å². The number of benzene rings is 2. The molecule has 6 heteroatoms. The first-order valence-electron chi connectivity index (χ1n) is 8.92. The standard InChI is InChI=1S/C21H23FN4O/c1-15-21(16(2)26(24-15)18-10-5-4-6-11-18)23-20(27)14-25(3)13-17-9-7-8-12-19(17)22/h4-12H,13-14H2,1-3H3,(H,23,27)/p+1. The maximum Gasteiger partial charge on any atom is 0.279 e. The van der Waals surface area contributed by atoms with E-state index in [2.05, 4.69) is 10.4 Å². The summed E-state index contributed by atoms with van der Waals surface area (Å²) in [7, 11) is 1.87. The SMILES string of the molecule is Cc1nn(-c2ccccc2)c(C)c1NC(=O)C[NH+](C)Cc1ccccc1F. The van der Waals surface area contributed by atoms with E-state index in [-0.39, 0.29) is 18.3 Å². The topological polar surface area (TPSA) is 51.4 Å². The molecule has 1 unspecified atom stereocenters. The zero-order valence-corrected chi connectivity index (χ0v) is 15.8. The van der Waals surface area contributed by atoms with Crippen LogP contribution in [0.15, 0.2) is 54.6 Å². The second-order valence-corrected chi connectivity index (χ2v) is 6.74. The van der Waals surface area contributed by atoms with Crippen LogP contribution in [0.1, 0.15) is 17.0 Å². The first kappa shape index (κ1) is 18.8. The maximum atomic E-state index is 13.8. The van der Waals surface area contributed by atoms with Crippen LogP contribution in [0, 0.1) is 19.7 Å². The van der Waals surface area contributed by atoms with E-state index in [0.29, 0.717) is 12.1 Å². The van der Waals surface area contributed by atoms with Gasteiger partial charge in [-0.1, -0.05) is 36.4 Å². The van der Waals surface area contributed by atoms with Crippen LogP contribution < -0.4 is 10.2 Å². The fourth-order valence-electron chi connectivity index (χ4n) is 3.13. The number of anilines is 1. The molecule has 27 heavy (non-hydrogen) atoms. The normalized spacial score (nSPS) is 12.0. The molecule has 0 fully saturated rings. The molecule has 1 heterocycles. The Kier molecular flexibility index (Phi) is 5.66. The molecular weight excluding hydrogens is 343 g/mol. The lowest BCUT2D eigenvalue weighted by atomic mass is 10.2. The second kappa shape index (κ2) is 8.14. The number of carbonyl (C=O) groups is 1. The fraction of sp³-hybridized carbons (Fsp3) is 0.238. The molecule has 0 aliphatic rings. The van der Waals surface area contributed by atoms with Gasteiger partial charge in [0, 0.05) is 5.56 Å². The monoisotopic (exact) mass is 367 g/mol. The van der Waals surface area contributed by atoms with Crippen molar-refractivity contribution in [3.63, 3.8) is 0 Å². The van der Waals surface area contributed by atoms with Gasteiger partial charge in [-0.25, -0.2) is 9.07 Å². The molecule has 3 rings (SSSR count).